The van der Waals surface area contributed by atoms with Crippen molar-refractivity contribution in [3.63, 3.8) is 0 Å². The van der Waals surface area contributed by atoms with E-state index in [1.165, 1.54) is 18.4 Å². The molecule has 0 bridgehead atoms. The summed E-state index contributed by atoms with van der Waals surface area (Å²) in [6.45, 7) is 1.58. The summed E-state index contributed by atoms with van der Waals surface area (Å²) in [7, 11) is 1.53. The molecule has 3 rings (SSSR count). The predicted molar refractivity (Wildman–Crippen MR) is 106 cm³/mol. The fraction of sp³-hybridized carbons (Fsp3) is 0.250. The molecule has 8 nitrogen and oxygen atoms in total. The summed E-state index contributed by atoms with van der Waals surface area (Å²) in [4.78, 5) is 37.8. The molecule has 2 amide bonds. The fourth-order valence-corrected chi connectivity index (χ4v) is 3.58. The third kappa shape index (κ3) is 4.75. The molecule has 9 heteroatoms. The van der Waals surface area contributed by atoms with E-state index in [-0.39, 0.29) is 24.5 Å². The molecule has 1 unspecified atom stereocenters. The maximum atomic E-state index is 12.6. The molecular weight excluding hydrogens is 396 g/mol. The van der Waals surface area contributed by atoms with E-state index >= 15 is 0 Å². The standard InChI is InChI=1S/C20H20N2O6S/c1-3-27-19(24)16-14(21-20(25)22-17(16)15-5-4-10-29-15)11-28-18(23)12-6-8-13(26-2)9-7-12/h4-10,17H,3,11H2,1-2H3,(H2,21,22,25). The lowest BCUT2D eigenvalue weighted by Gasteiger charge is -2.28. The van der Waals surface area contributed by atoms with Crippen LogP contribution in [0.1, 0.15) is 28.2 Å². The maximum Gasteiger partial charge on any atom is 0.338 e. The van der Waals surface area contributed by atoms with Gasteiger partial charge in [0.05, 0.1) is 36.6 Å². The largest absolute Gasteiger partial charge is 0.497 e. The van der Waals surface area contributed by atoms with Crippen molar-refractivity contribution in [2.75, 3.05) is 20.3 Å². The van der Waals surface area contributed by atoms with Gasteiger partial charge in [-0.2, -0.15) is 0 Å². The lowest BCUT2D eigenvalue weighted by Crippen LogP contribution is -2.46. The van der Waals surface area contributed by atoms with Gasteiger partial charge in [0.25, 0.3) is 0 Å². The van der Waals surface area contributed by atoms with Gasteiger partial charge in [0, 0.05) is 4.88 Å². The average molecular weight is 416 g/mol. The van der Waals surface area contributed by atoms with Gasteiger partial charge in [-0.15, -0.1) is 11.3 Å². The SMILES string of the molecule is CCOC(=O)C1=C(COC(=O)c2ccc(OC)cc2)NC(=O)NC1c1cccs1. The number of urea groups is 1. The first-order valence-corrected chi connectivity index (χ1v) is 9.73. The summed E-state index contributed by atoms with van der Waals surface area (Å²) in [5.41, 5.74) is 0.711. The molecule has 0 saturated heterocycles. The summed E-state index contributed by atoms with van der Waals surface area (Å²) in [5.74, 6) is -0.573. The first-order chi connectivity index (χ1) is 14.0. The van der Waals surface area contributed by atoms with Crippen molar-refractivity contribution in [1.82, 2.24) is 10.6 Å². The Bertz CT molecular complexity index is 921. The molecule has 1 aromatic heterocycles. The van der Waals surface area contributed by atoms with Crippen molar-refractivity contribution >= 4 is 29.3 Å². The normalized spacial score (nSPS) is 15.9. The molecule has 2 N–H and O–H groups in total. The number of carbonyl (C=O) groups is 3. The monoisotopic (exact) mass is 416 g/mol. The summed E-state index contributed by atoms with van der Waals surface area (Å²) >= 11 is 1.39. The Morgan fingerprint density at radius 2 is 1.86 bits per heavy atom. The second kappa shape index (κ2) is 9.24. The Balaban J connectivity index is 1.85. The van der Waals surface area contributed by atoms with Gasteiger partial charge in [0.1, 0.15) is 12.4 Å². The molecule has 2 aromatic rings. The highest BCUT2D eigenvalue weighted by molar-refractivity contribution is 7.10. The van der Waals surface area contributed by atoms with Crippen molar-refractivity contribution in [2.24, 2.45) is 0 Å². The fourth-order valence-electron chi connectivity index (χ4n) is 2.80. The minimum atomic E-state index is -0.683. The number of ether oxygens (including phenoxy) is 3. The Hall–Kier alpha value is -3.33. The molecule has 29 heavy (non-hydrogen) atoms. The molecule has 0 radical (unpaired) electrons. The quantitative estimate of drug-likeness (QED) is 0.673. The van der Waals surface area contributed by atoms with Crippen molar-refractivity contribution < 1.29 is 28.6 Å². The van der Waals surface area contributed by atoms with Crippen LogP contribution < -0.4 is 15.4 Å². The Morgan fingerprint density at radius 3 is 2.48 bits per heavy atom. The first kappa shape index (κ1) is 20.4. The first-order valence-electron chi connectivity index (χ1n) is 8.85. The molecule has 0 fully saturated rings. The van der Waals surface area contributed by atoms with E-state index in [0.717, 1.165) is 4.88 Å². The number of hydrogen-bond acceptors (Lipinski definition) is 7. The number of benzene rings is 1. The number of hydrogen-bond donors (Lipinski definition) is 2. The van der Waals surface area contributed by atoms with Gasteiger partial charge in [-0.1, -0.05) is 6.07 Å². The van der Waals surface area contributed by atoms with E-state index in [1.54, 1.807) is 37.3 Å². The van der Waals surface area contributed by atoms with E-state index in [2.05, 4.69) is 10.6 Å². The van der Waals surface area contributed by atoms with Gasteiger partial charge >= 0.3 is 18.0 Å². The summed E-state index contributed by atoms with van der Waals surface area (Å²) in [6.07, 6.45) is 0. The maximum absolute atomic E-state index is 12.6. The van der Waals surface area contributed by atoms with E-state index < -0.39 is 24.0 Å². The third-order valence-electron chi connectivity index (χ3n) is 4.15. The number of carbonyl (C=O) groups excluding carboxylic acids is 3. The minimum absolute atomic E-state index is 0.173. The smallest absolute Gasteiger partial charge is 0.338 e. The van der Waals surface area contributed by atoms with Crippen LogP contribution in [0.25, 0.3) is 0 Å². The van der Waals surface area contributed by atoms with Crippen LogP contribution >= 0.6 is 11.3 Å². The summed E-state index contributed by atoms with van der Waals surface area (Å²) in [5, 5.41) is 7.12. The molecular formula is C20H20N2O6S. The Morgan fingerprint density at radius 1 is 1.10 bits per heavy atom. The lowest BCUT2D eigenvalue weighted by atomic mass is 10.0. The molecule has 152 valence electrons. The second-order valence-corrected chi connectivity index (χ2v) is 6.94. The van der Waals surface area contributed by atoms with Gasteiger partial charge in [-0.3, -0.25) is 0 Å². The van der Waals surface area contributed by atoms with Gasteiger partial charge in [0.2, 0.25) is 0 Å². The van der Waals surface area contributed by atoms with Crippen molar-refractivity contribution in [3.05, 3.63) is 63.5 Å². The number of methoxy groups -OCH3 is 1. The zero-order chi connectivity index (χ0) is 20.8. The number of amides is 2. The molecule has 1 aliphatic heterocycles. The highest BCUT2D eigenvalue weighted by Gasteiger charge is 2.34. The summed E-state index contributed by atoms with van der Waals surface area (Å²) < 4.78 is 15.5. The Labute approximate surface area is 171 Å². The molecule has 1 atom stereocenters. The zero-order valence-electron chi connectivity index (χ0n) is 15.9. The van der Waals surface area contributed by atoms with Gasteiger partial charge in [-0.25, -0.2) is 14.4 Å². The molecule has 2 heterocycles. The van der Waals surface area contributed by atoms with Crippen molar-refractivity contribution in [2.45, 2.75) is 13.0 Å². The number of nitrogens with one attached hydrogen (secondary N) is 2. The molecule has 0 aliphatic carbocycles. The van der Waals surface area contributed by atoms with E-state index in [9.17, 15) is 14.4 Å². The van der Waals surface area contributed by atoms with Crippen molar-refractivity contribution in [1.29, 1.82) is 0 Å². The number of rotatable bonds is 7. The van der Waals surface area contributed by atoms with Crippen LogP contribution in [0.2, 0.25) is 0 Å². The molecule has 1 aromatic carbocycles. The van der Waals surface area contributed by atoms with Gasteiger partial charge < -0.3 is 24.8 Å². The highest BCUT2D eigenvalue weighted by atomic mass is 32.1. The van der Waals surface area contributed by atoms with Crippen LogP contribution in [-0.2, 0) is 14.3 Å². The van der Waals surface area contributed by atoms with Gasteiger partial charge in [0.15, 0.2) is 0 Å². The number of thiophene rings is 1. The third-order valence-corrected chi connectivity index (χ3v) is 5.09. The predicted octanol–water partition coefficient (Wildman–Crippen LogP) is 2.78. The van der Waals surface area contributed by atoms with E-state index in [4.69, 9.17) is 14.2 Å². The van der Waals surface area contributed by atoms with Crippen LogP contribution in [0, 0.1) is 0 Å². The Kier molecular flexibility index (Phi) is 6.50. The van der Waals surface area contributed by atoms with Crippen LogP contribution in [0.15, 0.2) is 53.0 Å². The van der Waals surface area contributed by atoms with Gasteiger partial charge in [-0.05, 0) is 42.6 Å². The lowest BCUT2D eigenvalue weighted by molar-refractivity contribution is -0.139. The molecule has 0 spiro atoms. The topological polar surface area (TPSA) is 103 Å². The van der Waals surface area contributed by atoms with E-state index in [0.29, 0.717) is 11.3 Å². The second-order valence-electron chi connectivity index (χ2n) is 5.96. The molecule has 0 saturated carbocycles. The number of esters is 2. The van der Waals surface area contributed by atoms with E-state index in [1.807, 2.05) is 11.4 Å². The highest BCUT2D eigenvalue weighted by Crippen LogP contribution is 2.30. The van der Waals surface area contributed by atoms with Crippen LogP contribution in [0.5, 0.6) is 5.75 Å². The van der Waals surface area contributed by atoms with Crippen LogP contribution in [0.4, 0.5) is 4.79 Å². The zero-order valence-corrected chi connectivity index (χ0v) is 16.7. The molecule has 1 aliphatic rings. The van der Waals surface area contributed by atoms with Crippen LogP contribution in [0.3, 0.4) is 0 Å². The summed E-state index contributed by atoms with van der Waals surface area (Å²) in [6, 6.07) is 8.86. The van der Waals surface area contributed by atoms with Crippen molar-refractivity contribution in [3.8, 4) is 5.75 Å². The average Bonchev–Trinajstić information content (AvgIpc) is 3.26. The van der Waals surface area contributed by atoms with Crippen LogP contribution in [-0.4, -0.2) is 38.3 Å². The minimum Gasteiger partial charge on any atom is -0.497 e.